The Bertz CT molecular complexity index is 1200. The van der Waals surface area contributed by atoms with E-state index < -0.39 is 5.82 Å². The van der Waals surface area contributed by atoms with Gasteiger partial charge in [-0.05, 0) is 40.8 Å². The predicted molar refractivity (Wildman–Crippen MR) is 109 cm³/mol. The number of rotatable bonds is 3. The van der Waals surface area contributed by atoms with Crippen molar-refractivity contribution < 1.29 is 14.3 Å². The summed E-state index contributed by atoms with van der Waals surface area (Å²) in [4.78, 5) is 15.3. The molecule has 0 atom stereocenters. The van der Waals surface area contributed by atoms with Gasteiger partial charge in [-0.3, -0.25) is 9.78 Å². The summed E-state index contributed by atoms with van der Waals surface area (Å²) < 4.78 is 14.3. The molecule has 0 radical (unpaired) electrons. The van der Waals surface area contributed by atoms with Gasteiger partial charge in [-0.15, -0.1) is 0 Å². The molecule has 3 aromatic carbocycles. The molecule has 5 heteroatoms. The molecule has 0 bridgehead atoms. The number of aromatic nitrogens is 1. The molecular weight excluding hydrogens is 355 g/mol. The van der Waals surface area contributed by atoms with Crippen LogP contribution in [0, 0.1) is 5.82 Å². The molecule has 4 rings (SSSR count). The number of hydrogen-bond donors (Lipinski definition) is 2. The minimum absolute atomic E-state index is 0.0718. The lowest BCUT2D eigenvalue weighted by Gasteiger charge is -2.12. The summed E-state index contributed by atoms with van der Waals surface area (Å²) in [5.74, 6) is -0.832. The topological polar surface area (TPSA) is 62.2 Å². The minimum Gasteiger partial charge on any atom is -0.507 e. The van der Waals surface area contributed by atoms with Crippen LogP contribution in [0.1, 0.15) is 6.92 Å². The second-order valence-electron chi connectivity index (χ2n) is 6.52. The molecule has 28 heavy (non-hydrogen) atoms. The molecule has 1 heterocycles. The van der Waals surface area contributed by atoms with Crippen LogP contribution in [0.2, 0.25) is 0 Å². The molecule has 0 saturated carbocycles. The van der Waals surface area contributed by atoms with Crippen LogP contribution >= 0.6 is 0 Å². The van der Waals surface area contributed by atoms with E-state index in [-0.39, 0.29) is 17.3 Å². The maximum absolute atomic E-state index is 14.3. The molecule has 1 aromatic heterocycles. The highest BCUT2D eigenvalue weighted by Crippen LogP contribution is 2.39. The molecule has 0 unspecified atom stereocenters. The van der Waals surface area contributed by atoms with Crippen LogP contribution in [0.4, 0.5) is 10.1 Å². The normalized spacial score (nSPS) is 10.8. The van der Waals surface area contributed by atoms with Crippen LogP contribution in [0.5, 0.6) is 5.75 Å². The first-order chi connectivity index (χ1) is 13.5. The van der Waals surface area contributed by atoms with E-state index in [1.54, 1.807) is 24.5 Å². The van der Waals surface area contributed by atoms with Crippen LogP contribution in [0.3, 0.4) is 0 Å². The minimum atomic E-state index is -0.560. The number of aromatic hydroxyl groups is 1. The van der Waals surface area contributed by atoms with Gasteiger partial charge in [0, 0.05) is 35.8 Å². The number of amides is 1. The first-order valence-corrected chi connectivity index (χ1v) is 8.76. The molecule has 1 amide bonds. The van der Waals surface area contributed by atoms with Crippen molar-refractivity contribution in [2.75, 3.05) is 5.32 Å². The third-order valence-corrected chi connectivity index (χ3v) is 4.58. The van der Waals surface area contributed by atoms with Crippen molar-refractivity contribution in [2.45, 2.75) is 6.92 Å². The molecule has 0 saturated heterocycles. The quantitative estimate of drug-likeness (QED) is 0.508. The van der Waals surface area contributed by atoms with Gasteiger partial charge < -0.3 is 10.4 Å². The fourth-order valence-electron chi connectivity index (χ4n) is 3.23. The Morgan fingerprint density at radius 3 is 2.39 bits per heavy atom. The van der Waals surface area contributed by atoms with E-state index in [4.69, 9.17) is 0 Å². The molecule has 0 aliphatic rings. The van der Waals surface area contributed by atoms with Crippen molar-refractivity contribution in [3.63, 3.8) is 0 Å². The van der Waals surface area contributed by atoms with Gasteiger partial charge in [0.1, 0.15) is 11.6 Å². The largest absolute Gasteiger partial charge is 0.507 e. The molecule has 4 nitrogen and oxygen atoms in total. The molecule has 0 aliphatic heterocycles. The zero-order valence-electron chi connectivity index (χ0n) is 15.1. The van der Waals surface area contributed by atoms with Gasteiger partial charge in [-0.1, -0.05) is 36.4 Å². The number of nitrogens with zero attached hydrogens (tertiary/aromatic N) is 1. The Hall–Kier alpha value is -3.73. The summed E-state index contributed by atoms with van der Waals surface area (Å²) in [5, 5.41) is 15.3. The summed E-state index contributed by atoms with van der Waals surface area (Å²) in [7, 11) is 0. The van der Waals surface area contributed by atoms with Crippen LogP contribution in [-0.4, -0.2) is 16.0 Å². The Morgan fingerprint density at radius 2 is 1.68 bits per heavy atom. The maximum Gasteiger partial charge on any atom is 0.221 e. The molecular formula is C23H17FN2O2. The van der Waals surface area contributed by atoms with E-state index in [0.29, 0.717) is 16.7 Å². The van der Waals surface area contributed by atoms with Gasteiger partial charge in [0.25, 0.3) is 0 Å². The van der Waals surface area contributed by atoms with E-state index in [2.05, 4.69) is 10.3 Å². The number of carbonyl (C=O) groups excluding carboxylic acids is 1. The zero-order chi connectivity index (χ0) is 19.7. The third-order valence-electron chi connectivity index (χ3n) is 4.58. The van der Waals surface area contributed by atoms with Crippen molar-refractivity contribution in [2.24, 2.45) is 0 Å². The van der Waals surface area contributed by atoms with Crippen LogP contribution in [-0.2, 0) is 4.79 Å². The van der Waals surface area contributed by atoms with E-state index in [1.807, 2.05) is 36.4 Å². The van der Waals surface area contributed by atoms with Crippen LogP contribution < -0.4 is 5.32 Å². The summed E-state index contributed by atoms with van der Waals surface area (Å²) in [6, 6.07) is 17.6. The highest BCUT2D eigenvalue weighted by atomic mass is 19.1. The van der Waals surface area contributed by atoms with Gasteiger partial charge in [0.05, 0.1) is 5.69 Å². The number of benzene rings is 3. The number of phenols is 1. The summed E-state index contributed by atoms with van der Waals surface area (Å²) >= 11 is 0. The maximum atomic E-state index is 14.3. The Morgan fingerprint density at radius 1 is 0.964 bits per heavy atom. The Labute approximate surface area is 161 Å². The van der Waals surface area contributed by atoms with E-state index in [9.17, 15) is 14.3 Å². The van der Waals surface area contributed by atoms with Crippen LogP contribution in [0.15, 0.2) is 73.1 Å². The van der Waals surface area contributed by atoms with Crippen molar-refractivity contribution >= 4 is 22.4 Å². The SMILES string of the molecule is CC(=O)Nc1ccc(-c2cccc(-c3ccc4cnccc4c3)c2O)cc1F. The van der Waals surface area contributed by atoms with Gasteiger partial charge in [0.15, 0.2) is 0 Å². The number of carbonyl (C=O) groups is 1. The molecule has 138 valence electrons. The number of phenolic OH excluding ortho intramolecular Hbond substituents is 1. The van der Waals surface area contributed by atoms with E-state index in [0.717, 1.165) is 16.3 Å². The first kappa shape index (κ1) is 17.7. The van der Waals surface area contributed by atoms with Crippen LogP contribution in [0.25, 0.3) is 33.0 Å². The average molecular weight is 372 g/mol. The number of hydrogen-bond acceptors (Lipinski definition) is 3. The zero-order valence-corrected chi connectivity index (χ0v) is 15.1. The lowest BCUT2D eigenvalue weighted by Crippen LogP contribution is -2.07. The number of anilines is 1. The number of para-hydroxylation sites is 1. The Kier molecular flexibility index (Phi) is 4.49. The van der Waals surface area contributed by atoms with Crippen molar-refractivity contribution in [3.8, 4) is 28.0 Å². The fourth-order valence-corrected chi connectivity index (χ4v) is 3.23. The molecule has 0 fully saturated rings. The fraction of sp³-hybridized carbons (Fsp3) is 0.0435. The molecule has 2 N–H and O–H groups in total. The van der Waals surface area contributed by atoms with Gasteiger partial charge in [0.2, 0.25) is 5.91 Å². The van der Waals surface area contributed by atoms with Gasteiger partial charge in [-0.2, -0.15) is 0 Å². The summed E-state index contributed by atoms with van der Waals surface area (Å²) in [6.45, 7) is 1.32. The second-order valence-corrected chi connectivity index (χ2v) is 6.52. The van der Waals surface area contributed by atoms with E-state index in [1.165, 1.54) is 19.1 Å². The molecule has 0 spiro atoms. The second kappa shape index (κ2) is 7.12. The third kappa shape index (κ3) is 3.30. The Balaban J connectivity index is 1.78. The highest BCUT2D eigenvalue weighted by Gasteiger charge is 2.13. The van der Waals surface area contributed by atoms with Crippen molar-refractivity contribution in [1.82, 2.24) is 4.98 Å². The predicted octanol–water partition coefficient (Wildman–Crippen LogP) is 5.37. The monoisotopic (exact) mass is 372 g/mol. The van der Waals surface area contributed by atoms with Crippen molar-refractivity contribution in [3.05, 3.63) is 78.9 Å². The lowest BCUT2D eigenvalue weighted by atomic mass is 9.96. The smallest absolute Gasteiger partial charge is 0.221 e. The summed E-state index contributed by atoms with van der Waals surface area (Å²) in [5.41, 5.74) is 2.66. The standard InChI is InChI=1S/C23H17FN2O2/c1-14(27)26-22-8-7-17(12-21(22)24)20-4-2-3-19(23(20)28)16-5-6-18-13-25-10-9-15(18)11-16/h2-13,28H,1H3,(H,26,27). The first-order valence-electron chi connectivity index (χ1n) is 8.76. The van der Waals surface area contributed by atoms with Gasteiger partial charge >= 0.3 is 0 Å². The highest BCUT2D eigenvalue weighted by molar-refractivity contribution is 5.91. The van der Waals surface area contributed by atoms with E-state index >= 15 is 0 Å². The number of fused-ring (bicyclic) bond motifs is 1. The summed E-state index contributed by atoms with van der Waals surface area (Å²) in [6.07, 6.45) is 3.51. The lowest BCUT2D eigenvalue weighted by molar-refractivity contribution is -0.114. The van der Waals surface area contributed by atoms with Crippen molar-refractivity contribution in [1.29, 1.82) is 0 Å². The molecule has 4 aromatic rings. The molecule has 0 aliphatic carbocycles. The number of pyridine rings is 1. The number of halogens is 1. The average Bonchev–Trinajstić information content (AvgIpc) is 2.69. The number of nitrogens with one attached hydrogen (secondary N) is 1. The van der Waals surface area contributed by atoms with Gasteiger partial charge in [-0.25, -0.2) is 4.39 Å².